The summed E-state index contributed by atoms with van der Waals surface area (Å²) in [4.78, 5) is 24.7. The highest BCUT2D eigenvalue weighted by Gasteiger charge is 2.28. The van der Waals surface area contributed by atoms with Crippen molar-refractivity contribution in [3.05, 3.63) is 58.5 Å². The number of rotatable bonds is 8. The average Bonchev–Trinajstić information content (AvgIpc) is 2.96. The van der Waals surface area contributed by atoms with E-state index in [1.807, 2.05) is 13.0 Å². The smallest absolute Gasteiger partial charge is 0.328 e. The number of hydrogen-bond acceptors (Lipinski definition) is 5. The van der Waals surface area contributed by atoms with Crippen molar-refractivity contribution in [1.29, 1.82) is 0 Å². The lowest BCUT2D eigenvalue weighted by molar-refractivity contribution is -0.119. The van der Waals surface area contributed by atoms with E-state index >= 15 is 0 Å². The largest absolute Gasteiger partial charge is 0.383 e. The highest BCUT2D eigenvalue weighted by molar-refractivity contribution is 7.92. The molecular formula is C21H26N4O5S. The number of benzene rings is 2. The molecule has 3 aromatic rings. The number of nitrogens with one attached hydrogen (secondary N) is 1. The maximum absolute atomic E-state index is 13.6. The zero-order chi connectivity index (χ0) is 22.8. The maximum Gasteiger partial charge on any atom is 0.328 e. The van der Waals surface area contributed by atoms with Crippen molar-refractivity contribution in [3.8, 4) is 0 Å². The number of sulfonamides is 1. The van der Waals surface area contributed by atoms with Crippen molar-refractivity contribution >= 4 is 32.7 Å². The third-order valence-electron chi connectivity index (χ3n) is 5.04. The number of methoxy groups -OCH3 is 1. The van der Waals surface area contributed by atoms with E-state index in [4.69, 9.17) is 4.74 Å². The van der Waals surface area contributed by atoms with Gasteiger partial charge in [-0.05, 0) is 42.8 Å². The van der Waals surface area contributed by atoms with E-state index < -0.39 is 15.9 Å². The van der Waals surface area contributed by atoms with Crippen LogP contribution >= 0.6 is 0 Å². The minimum atomic E-state index is -4.09. The zero-order valence-corrected chi connectivity index (χ0v) is 18.8. The Morgan fingerprint density at radius 1 is 1.10 bits per heavy atom. The van der Waals surface area contributed by atoms with Gasteiger partial charge in [-0.3, -0.25) is 18.2 Å². The number of imidazole rings is 1. The van der Waals surface area contributed by atoms with Gasteiger partial charge in [-0.1, -0.05) is 12.1 Å². The van der Waals surface area contributed by atoms with Gasteiger partial charge in [0.25, 0.3) is 10.0 Å². The molecule has 1 aromatic heterocycles. The molecule has 0 aliphatic heterocycles. The van der Waals surface area contributed by atoms with Crippen molar-refractivity contribution in [2.75, 3.05) is 31.1 Å². The lowest BCUT2D eigenvalue weighted by atomic mass is 10.2. The average molecular weight is 447 g/mol. The van der Waals surface area contributed by atoms with Crippen molar-refractivity contribution in [2.45, 2.75) is 11.8 Å². The van der Waals surface area contributed by atoms with Crippen LogP contribution in [0.1, 0.15) is 5.56 Å². The second kappa shape index (κ2) is 8.94. The van der Waals surface area contributed by atoms with Crippen LogP contribution in [0.3, 0.4) is 0 Å². The van der Waals surface area contributed by atoms with Crippen molar-refractivity contribution in [3.63, 3.8) is 0 Å². The van der Waals surface area contributed by atoms with Crippen molar-refractivity contribution in [2.24, 2.45) is 14.1 Å². The monoisotopic (exact) mass is 446 g/mol. The molecule has 1 heterocycles. The molecule has 0 bridgehead atoms. The Balaban J connectivity index is 2.06. The van der Waals surface area contributed by atoms with Gasteiger partial charge in [-0.15, -0.1) is 0 Å². The van der Waals surface area contributed by atoms with E-state index in [0.717, 1.165) is 9.87 Å². The molecular weight excluding hydrogens is 420 g/mol. The highest BCUT2D eigenvalue weighted by atomic mass is 32.2. The number of anilines is 1. The van der Waals surface area contributed by atoms with E-state index in [9.17, 15) is 18.0 Å². The van der Waals surface area contributed by atoms with Crippen LogP contribution in [0.5, 0.6) is 0 Å². The van der Waals surface area contributed by atoms with Gasteiger partial charge in [0.05, 0.1) is 28.2 Å². The summed E-state index contributed by atoms with van der Waals surface area (Å²) in [5.41, 5.74) is 2.09. The number of carbonyl (C=O) groups is 1. The first-order valence-corrected chi connectivity index (χ1v) is 11.1. The first kappa shape index (κ1) is 22.6. The summed E-state index contributed by atoms with van der Waals surface area (Å²) >= 11 is 0. The Kier molecular flexibility index (Phi) is 6.51. The van der Waals surface area contributed by atoms with Gasteiger partial charge in [0, 0.05) is 27.7 Å². The summed E-state index contributed by atoms with van der Waals surface area (Å²) in [6, 6.07) is 11.4. The molecule has 9 nitrogen and oxygen atoms in total. The van der Waals surface area contributed by atoms with Crippen LogP contribution in [0.4, 0.5) is 5.69 Å². The standard InChI is InChI=1S/C21H26N4O5S/c1-15-6-5-7-16(12-15)25(14-20(26)22-10-11-30-4)31(28,29)17-8-9-18-19(13-17)24(3)21(27)23(18)2/h5-9,12-13H,10-11,14H2,1-4H3,(H,22,26). The third-order valence-corrected chi connectivity index (χ3v) is 6.81. The van der Waals surface area contributed by atoms with Gasteiger partial charge in [-0.2, -0.15) is 0 Å². The summed E-state index contributed by atoms with van der Waals surface area (Å²) in [7, 11) is 0.638. The predicted molar refractivity (Wildman–Crippen MR) is 119 cm³/mol. The van der Waals surface area contributed by atoms with Gasteiger partial charge >= 0.3 is 5.69 Å². The highest BCUT2D eigenvalue weighted by Crippen LogP contribution is 2.26. The molecule has 1 amide bonds. The van der Waals surface area contributed by atoms with Crippen molar-refractivity contribution < 1.29 is 17.9 Å². The summed E-state index contributed by atoms with van der Waals surface area (Å²) in [5.74, 6) is -0.449. The van der Waals surface area contributed by atoms with Gasteiger partial charge in [-0.25, -0.2) is 13.2 Å². The van der Waals surface area contributed by atoms with E-state index in [2.05, 4.69) is 5.32 Å². The Labute approximate surface area is 180 Å². The van der Waals surface area contributed by atoms with Crippen LogP contribution in [-0.2, 0) is 33.7 Å². The lowest BCUT2D eigenvalue weighted by Gasteiger charge is -2.24. The van der Waals surface area contributed by atoms with E-state index in [-0.39, 0.29) is 23.7 Å². The fourth-order valence-electron chi connectivity index (χ4n) is 3.35. The summed E-state index contributed by atoms with van der Waals surface area (Å²) in [6.07, 6.45) is 0. The second-order valence-electron chi connectivity index (χ2n) is 7.24. The number of hydrogen-bond donors (Lipinski definition) is 1. The normalized spacial score (nSPS) is 11.6. The minimum Gasteiger partial charge on any atom is -0.383 e. The summed E-state index contributed by atoms with van der Waals surface area (Å²) in [6.45, 7) is 2.05. The van der Waals surface area contributed by atoms with Gasteiger partial charge < -0.3 is 10.1 Å². The Hall–Kier alpha value is -3.11. The number of aromatic nitrogens is 2. The predicted octanol–water partition coefficient (Wildman–Crippen LogP) is 1.14. The van der Waals surface area contributed by atoms with Crippen LogP contribution in [0.2, 0.25) is 0 Å². The molecule has 0 radical (unpaired) electrons. The first-order valence-electron chi connectivity index (χ1n) is 9.67. The molecule has 31 heavy (non-hydrogen) atoms. The molecule has 0 saturated carbocycles. The number of nitrogens with zero attached hydrogens (tertiary/aromatic N) is 3. The molecule has 0 aliphatic rings. The van der Waals surface area contributed by atoms with E-state index in [1.165, 1.54) is 28.4 Å². The number of carbonyl (C=O) groups excluding carboxylic acids is 1. The van der Waals surface area contributed by atoms with Crippen LogP contribution in [0.15, 0.2) is 52.2 Å². The molecule has 0 unspecified atom stereocenters. The molecule has 1 N–H and O–H groups in total. The quantitative estimate of drug-likeness (QED) is 0.523. The molecule has 3 rings (SSSR count). The van der Waals surface area contributed by atoms with Crippen LogP contribution in [0.25, 0.3) is 11.0 Å². The van der Waals surface area contributed by atoms with E-state index in [0.29, 0.717) is 23.3 Å². The molecule has 0 fully saturated rings. The fraction of sp³-hybridized carbons (Fsp3) is 0.333. The maximum atomic E-state index is 13.6. The Bertz CT molecular complexity index is 1280. The molecule has 0 aliphatic carbocycles. The number of amides is 1. The van der Waals surface area contributed by atoms with Gasteiger partial charge in [0.2, 0.25) is 5.91 Å². The number of aryl methyl sites for hydroxylation is 3. The van der Waals surface area contributed by atoms with Gasteiger partial charge in [0.1, 0.15) is 6.54 Å². The van der Waals surface area contributed by atoms with Crippen LogP contribution in [-0.4, -0.2) is 50.3 Å². The Morgan fingerprint density at radius 3 is 2.48 bits per heavy atom. The number of fused-ring (bicyclic) bond motifs is 1. The molecule has 10 heteroatoms. The van der Waals surface area contributed by atoms with Crippen LogP contribution in [0, 0.1) is 6.92 Å². The molecule has 166 valence electrons. The van der Waals surface area contributed by atoms with Crippen LogP contribution < -0.4 is 15.3 Å². The van der Waals surface area contributed by atoms with Gasteiger partial charge in [0.15, 0.2) is 0 Å². The molecule has 0 atom stereocenters. The van der Waals surface area contributed by atoms with E-state index in [1.54, 1.807) is 38.4 Å². The molecule has 0 spiro atoms. The number of ether oxygens (including phenoxy) is 1. The summed E-state index contributed by atoms with van der Waals surface area (Å²) in [5, 5.41) is 2.65. The third kappa shape index (κ3) is 4.49. The van der Waals surface area contributed by atoms with Crippen molar-refractivity contribution in [1.82, 2.24) is 14.5 Å². The Morgan fingerprint density at radius 2 is 1.81 bits per heavy atom. The zero-order valence-electron chi connectivity index (χ0n) is 18.0. The SMILES string of the molecule is COCCNC(=O)CN(c1cccc(C)c1)S(=O)(=O)c1ccc2c(c1)n(C)c(=O)n2C. The molecule has 0 saturated heterocycles. The molecule has 2 aromatic carbocycles. The summed E-state index contributed by atoms with van der Waals surface area (Å²) < 4.78 is 36.0. The second-order valence-corrected chi connectivity index (χ2v) is 9.11. The fourth-order valence-corrected chi connectivity index (χ4v) is 4.78. The lowest BCUT2D eigenvalue weighted by Crippen LogP contribution is -2.41. The minimum absolute atomic E-state index is 0.00704. The first-order chi connectivity index (χ1) is 14.7. The topological polar surface area (TPSA) is 103 Å².